The molecule has 0 heterocycles. The van der Waals surface area contributed by atoms with Crippen molar-refractivity contribution < 1.29 is 4.74 Å². The Morgan fingerprint density at radius 1 is 1.42 bits per heavy atom. The van der Waals surface area contributed by atoms with Crippen LogP contribution in [0.2, 0.25) is 0 Å². The van der Waals surface area contributed by atoms with Gasteiger partial charge in [-0.2, -0.15) is 0 Å². The standard InChI is InChI=1S/C14H30N4O/c1-12(2)8-10-18(13-6-4-5-7-13)14(17-15)16-9-11-19-3/h12-13H,4-11,15H2,1-3H3,(H,16,17). The molecule has 0 unspecified atom stereocenters. The Balaban J connectivity index is 2.64. The number of aliphatic imine (C=N–C) groups is 1. The third-order valence-corrected chi connectivity index (χ3v) is 3.67. The number of guanidine groups is 1. The summed E-state index contributed by atoms with van der Waals surface area (Å²) in [4.78, 5) is 6.90. The van der Waals surface area contributed by atoms with Gasteiger partial charge in [-0.15, -0.1) is 0 Å². The van der Waals surface area contributed by atoms with Gasteiger partial charge < -0.3 is 9.64 Å². The van der Waals surface area contributed by atoms with Crippen LogP contribution in [0, 0.1) is 5.92 Å². The van der Waals surface area contributed by atoms with Gasteiger partial charge in [0.05, 0.1) is 13.2 Å². The van der Waals surface area contributed by atoms with Crippen LogP contribution in [0.15, 0.2) is 4.99 Å². The lowest BCUT2D eigenvalue weighted by Crippen LogP contribution is -2.49. The average Bonchev–Trinajstić information content (AvgIpc) is 2.90. The van der Waals surface area contributed by atoms with Crippen LogP contribution >= 0.6 is 0 Å². The molecule has 0 aliphatic heterocycles. The van der Waals surface area contributed by atoms with Crippen molar-refractivity contribution in [3.05, 3.63) is 0 Å². The molecule has 1 saturated carbocycles. The molecule has 0 amide bonds. The van der Waals surface area contributed by atoms with E-state index in [1.165, 1.54) is 32.1 Å². The molecule has 112 valence electrons. The van der Waals surface area contributed by atoms with Gasteiger partial charge in [-0.25, -0.2) is 10.8 Å². The minimum Gasteiger partial charge on any atom is -0.383 e. The van der Waals surface area contributed by atoms with E-state index in [2.05, 4.69) is 29.2 Å². The van der Waals surface area contributed by atoms with Gasteiger partial charge in [0.1, 0.15) is 0 Å². The van der Waals surface area contributed by atoms with E-state index in [-0.39, 0.29) is 0 Å². The van der Waals surface area contributed by atoms with E-state index in [1.807, 2.05) is 0 Å². The molecule has 0 aromatic rings. The number of nitrogens with two attached hydrogens (primary N) is 1. The van der Waals surface area contributed by atoms with Crippen molar-refractivity contribution >= 4 is 5.96 Å². The highest BCUT2D eigenvalue weighted by Gasteiger charge is 2.24. The maximum atomic E-state index is 5.67. The minimum atomic E-state index is 0.594. The molecule has 5 heteroatoms. The first kappa shape index (κ1) is 16.2. The smallest absolute Gasteiger partial charge is 0.208 e. The summed E-state index contributed by atoms with van der Waals surface area (Å²) >= 11 is 0. The summed E-state index contributed by atoms with van der Waals surface area (Å²) in [6, 6.07) is 0.594. The molecule has 1 rings (SSSR count). The maximum absolute atomic E-state index is 5.67. The monoisotopic (exact) mass is 270 g/mol. The lowest BCUT2D eigenvalue weighted by molar-refractivity contribution is 0.206. The number of hydrogen-bond donors (Lipinski definition) is 2. The van der Waals surface area contributed by atoms with Gasteiger partial charge in [-0.3, -0.25) is 5.43 Å². The number of hydrogen-bond acceptors (Lipinski definition) is 3. The topological polar surface area (TPSA) is 62.9 Å². The van der Waals surface area contributed by atoms with Gasteiger partial charge in [-0.05, 0) is 25.2 Å². The second-order valence-electron chi connectivity index (χ2n) is 5.66. The normalized spacial score (nSPS) is 17.2. The molecular formula is C14H30N4O. The first-order valence-corrected chi connectivity index (χ1v) is 7.45. The molecule has 0 atom stereocenters. The van der Waals surface area contributed by atoms with E-state index < -0.39 is 0 Å². The minimum absolute atomic E-state index is 0.594. The maximum Gasteiger partial charge on any atom is 0.208 e. The highest BCUT2D eigenvalue weighted by Crippen LogP contribution is 2.24. The van der Waals surface area contributed by atoms with Crippen molar-refractivity contribution in [3.8, 4) is 0 Å². The third-order valence-electron chi connectivity index (χ3n) is 3.67. The quantitative estimate of drug-likeness (QED) is 0.243. The number of rotatable bonds is 7. The number of nitrogens with zero attached hydrogens (tertiary/aromatic N) is 2. The molecule has 1 aliphatic rings. The zero-order chi connectivity index (χ0) is 14.1. The molecule has 0 bridgehead atoms. The van der Waals surface area contributed by atoms with Crippen LogP contribution in [0.3, 0.4) is 0 Å². The van der Waals surface area contributed by atoms with Gasteiger partial charge in [-0.1, -0.05) is 26.7 Å². The van der Waals surface area contributed by atoms with Crippen molar-refractivity contribution in [2.24, 2.45) is 16.8 Å². The van der Waals surface area contributed by atoms with E-state index in [0.29, 0.717) is 25.1 Å². The van der Waals surface area contributed by atoms with Gasteiger partial charge in [0, 0.05) is 19.7 Å². The van der Waals surface area contributed by atoms with E-state index in [1.54, 1.807) is 7.11 Å². The number of ether oxygens (including phenoxy) is 1. The van der Waals surface area contributed by atoms with E-state index in [4.69, 9.17) is 10.6 Å². The molecule has 0 aromatic carbocycles. The lowest BCUT2D eigenvalue weighted by atomic mass is 10.1. The zero-order valence-corrected chi connectivity index (χ0v) is 12.7. The first-order chi connectivity index (χ1) is 9.19. The number of nitrogens with one attached hydrogen (secondary N) is 1. The Kier molecular flexibility index (Phi) is 7.82. The molecular weight excluding hydrogens is 240 g/mol. The van der Waals surface area contributed by atoms with Crippen molar-refractivity contribution in [3.63, 3.8) is 0 Å². The summed E-state index contributed by atoms with van der Waals surface area (Å²) in [5.74, 6) is 7.19. The Labute approximate surface area is 117 Å². The molecule has 0 saturated heterocycles. The van der Waals surface area contributed by atoms with Crippen LogP contribution in [-0.4, -0.2) is 43.7 Å². The molecule has 0 spiro atoms. The van der Waals surface area contributed by atoms with Crippen LogP contribution in [0.4, 0.5) is 0 Å². The fourth-order valence-electron chi connectivity index (χ4n) is 2.54. The molecule has 19 heavy (non-hydrogen) atoms. The first-order valence-electron chi connectivity index (χ1n) is 7.45. The average molecular weight is 270 g/mol. The van der Waals surface area contributed by atoms with Crippen LogP contribution < -0.4 is 11.3 Å². The highest BCUT2D eigenvalue weighted by atomic mass is 16.5. The predicted molar refractivity (Wildman–Crippen MR) is 79.9 cm³/mol. The van der Waals surface area contributed by atoms with E-state index in [0.717, 1.165) is 12.5 Å². The highest BCUT2D eigenvalue weighted by molar-refractivity contribution is 5.79. The van der Waals surface area contributed by atoms with E-state index in [9.17, 15) is 0 Å². The second kappa shape index (κ2) is 9.15. The van der Waals surface area contributed by atoms with Crippen LogP contribution in [-0.2, 0) is 4.74 Å². The molecule has 5 nitrogen and oxygen atoms in total. The van der Waals surface area contributed by atoms with Gasteiger partial charge in [0.2, 0.25) is 5.96 Å². The SMILES string of the molecule is COCCN=C(NN)N(CCC(C)C)C1CCCC1. The van der Waals surface area contributed by atoms with Gasteiger partial charge >= 0.3 is 0 Å². The van der Waals surface area contributed by atoms with Crippen LogP contribution in [0.25, 0.3) is 0 Å². The summed E-state index contributed by atoms with van der Waals surface area (Å²) in [5, 5.41) is 0. The molecule has 1 aliphatic carbocycles. The molecule has 0 radical (unpaired) electrons. The third kappa shape index (κ3) is 5.78. The largest absolute Gasteiger partial charge is 0.383 e. The lowest BCUT2D eigenvalue weighted by Gasteiger charge is -2.32. The Hall–Kier alpha value is -0.810. The fourth-order valence-corrected chi connectivity index (χ4v) is 2.54. The Morgan fingerprint density at radius 3 is 2.63 bits per heavy atom. The Bertz CT molecular complexity index is 262. The molecule has 3 N–H and O–H groups in total. The van der Waals surface area contributed by atoms with Crippen LogP contribution in [0.1, 0.15) is 46.0 Å². The fraction of sp³-hybridized carbons (Fsp3) is 0.929. The number of hydrazine groups is 1. The summed E-state index contributed by atoms with van der Waals surface area (Å²) in [6.45, 7) is 6.82. The summed E-state index contributed by atoms with van der Waals surface area (Å²) in [7, 11) is 1.69. The zero-order valence-electron chi connectivity index (χ0n) is 12.7. The van der Waals surface area contributed by atoms with Gasteiger partial charge in [0.25, 0.3) is 0 Å². The van der Waals surface area contributed by atoms with Crippen molar-refractivity contribution in [2.45, 2.75) is 52.0 Å². The van der Waals surface area contributed by atoms with Crippen molar-refractivity contribution in [1.82, 2.24) is 10.3 Å². The van der Waals surface area contributed by atoms with Crippen LogP contribution in [0.5, 0.6) is 0 Å². The Morgan fingerprint density at radius 2 is 2.11 bits per heavy atom. The van der Waals surface area contributed by atoms with Crippen molar-refractivity contribution in [1.29, 1.82) is 0 Å². The summed E-state index contributed by atoms with van der Waals surface area (Å²) in [5.41, 5.74) is 2.78. The van der Waals surface area contributed by atoms with Gasteiger partial charge in [0.15, 0.2) is 0 Å². The van der Waals surface area contributed by atoms with E-state index >= 15 is 0 Å². The summed E-state index contributed by atoms with van der Waals surface area (Å²) < 4.78 is 5.05. The predicted octanol–water partition coefficient (Wildman–Crippen LogP) is 1.74. The second-order valence-corrected chi connectivity index (χ2v) is 5.66. The summed E-state index contributed by atoms with van der Waals surface area (Å²) in [6.07, 6.45) is 6.31. The number of methoxy groups -OCH3 is 1. The molecule has 1 fully saturated rings. The molecule has 0 aromatic heterocycles. The van der Waals surface area contributed by atoms with Crippen molar-refractivity contribution in [2.75, 3.05) is 26.8 Å².